The Hall–Kier alpha value is -3.45. The number of pyridine rings is 1. The summed E-state index contributed by atoms with van der Waals surface area (Å²) in [6.45, 7) is 0. The Morgan fingerprint density at radius 1 is 0.893 bits per heavy atom. The van der Waals surface area contributed by atoms with Crippen molar-refractivity contribution in [3.05, 3.63) is 72.9 Å². The van der Waals surface area contributed by atoms with Crippen LogP contribution in [-0.4, -0.2) is 31.4 Å². The molecule has 0 radical (unpaired) electrons. The Morgan fingerprint density at radius 3 is 2.25 bits per heavy atom. The third-order valence-electron chi connectivity index (χ3n) is 4.44. The number of hydrogen-bond donors (Lipinski definition) is 0. The number of carbonyl (C=O) groups is 1. The van der Waals surface area contributed by atoms with Gasteiger partial charge in [-0.1, -0.05) is 54.2 Å². The first kappa shape index (κ1) is 16.7. The molecule has 5 rings (SSSR count). The van der Waals surface area contributed by atoms with Crippen LogP contribution in [0.15, 0.2) is 82.6 Å². The molecule has 0 bridgehead atoms. The van der Waals surface area contributed by atoms with Crippen LogP contribution in [0.3, 0.4) is 0 Å². The molecule has 0 saturated carbocycles. The molecular weight excluding hydrogens is 372 g/mol. The summed E-state index contributed by atoms with van der Waals surface area (Å²) >= 11 is 1.22. The van der Waals surface area contributed by atoms with Crippen molar-refractivity contribution in [2.24, 2.45) is 0 Å². The van der Waals surface area contributed by atoms with Crippen LogP contribution >= 0.6 is 11.8 Å². The van der Waals surface area contributed by atoms with Gasteiger partial charge in [-0.05, 0) is 24.3 Å². The molecule has 0 aliphatic heterocycles. The standard InChI is InChI=1S/C21H14N4O2S/c26-19(13-28-21-24-23-20(27-21)16-9-5-6-12-22-16)25-17-10-3-1-7-14(17)15-8-2-4-11-18(15)25/h1-12H,13H2. The van der Waals surface area contributed by atoms with E-state index in [0.29, 0.717) is 16.8 Å². The number of hydrogen-bond acceptors (Lipinski definition) is 6. The van der Waals surface area contributed by atoms with Crippen molar-refractivity contribution in [3.63, 3.8) is 0 Å². The molecule has 0 atom stereocenters. The fourth-order valence-electron chi connectivity index (χ4n) is 3.24. The van der Waals surface area contributed by atoms with Gasteiger partial charge in [0.05, 0.1) is 16.8 Å². The van der Waals surface area contributed by atoms with Crippen LogP contribution in [0, 0.1) is 0 Å². The number of benzene rings is 2. The molecule has 3 heterocycles. The predicted molar refractivity (Wildman–Crippen MR) is 108 cm³/mol. The molecule has 5 aromatic rings. The monoisotopic (exact) mass is 386 g/mol. The van der Waals surface area contributed by atoms with Crippen LogP contribution in [0.5, 0.6) is 0 Å². The summed E-state index contributed by atoms with van der Waals surface area (Å²) in [5, 5.41) is 10.5. The molecule has 0 unspecified atom stereocenters. The average molecular weight is 386 g/mol. The minimum atomic E-state index is -0.0417. The fourth-order valence-corrected chi connectivity index (χ4v) is 3.85. The molecule has 0 aliphatic rings. The number of rotatable bonds is 4. The molecule has 136 valence electrons. The summed E-state index contributed by atoms with van der Waals surface area (Å²) < 4.78 is 7.39. The van der Waals surface area contributed by atoms with E-state index in [2.05, 4.69) is 15.2 Å². The van der Waals surface area contributed by atoms with Gasteiger partial charge < -0.3 is 4.42 Å². The number of para-hydroxylation sites is 2. The largest absolute Gasteiger partial charge is 0.410 e. The third kappa shape index (κ3) is 2.86. The molecule has 2 aromatic carbocycles. The lowest BCUT2D eigenvalue weighted by Gasteiger charge is -2.04. The minimum Gasteiger partial charge on any atom is -0.410 e. The van der Waals surface area contributed by atoms with Crippen LogP contribution in [0.25, 0.3) is 33.4 Å². The van der Waals surface area contributed by atoms with E-state index < -0.39 is 0 Å². The Balaban J connectivity index is 1.43. The van der Waals surface area contributed by atoms with Crippen molar-refractivity contribution in [3.8, 4) is 11.6 Å². The van der Waals surface area contributed by atoms with Crippen molar-refractivity contribution < 1.29 is 9.21 Å². The zero-order chi connectivity index (χ0) is 18.9. The fraction of sp³-hybridized carbons (Fsp3) is 0.0476. The number of nitrogens with zero attached hydrogens (tertiary/aromatic N) is 4. The predicted octanol–water partition coefficient (Wildman–Crippen LogP) is 4.67. The number of thioether (sulfide) groups is 1. The van der Waals surface area contributed by atoms with Crippen molar-refractivity contribution in [1.82, 2.24) is 19.7 Å². The summed E-state index contributed by atoms with van der Waals surface area (Å²) in [7, 11) is 0. The third-order valence-corrected chi connectivity index (χ3v) is 5.24. The van der Waals surface area contributed by atoms with Gasteiger partial charge in [-0.3, -0.25) is 14.3 Å². The van der Waals surface area contributed by atoms with Gasteiger partial charge in [0.1, 0.15) is 5.69 Å². The zero-order valence-electron chi connectivity index (χ0n) is 14.6. The van der Waals surface area contributed by atoms with E-state index >= 15 is 0 Å². The van der Waals surface area contributed by atoms with Gasteiger partial charge in [-0.15, -0.1) is 10.2 Å². The maximum absolute atomic E-state index is 13.0. The van der Waals surface area contributed by atoms with Crippen molar-refractivity contribution >= 4 is 39.5 Å². The highest BCUT2D eigenvalue weighted by Gasteiger charge is 2.17. The van der Waals surface area contributed by atoms with E-state index in [9.17, 15) is 4.79 Å². The van der Waals surface area contributed by atoms with E-state index in [-0.39, 0.29) is 11.7 Å². The summed E-state index contributed by atoms with van der Waals surface area (Å²) in [4.78, 5) is 17.2. The summed E-state index contributed by atoms with van der Waals surface area (Å²) in [5.41, 5.74) is 2.40. The van der Waals surface area contributed by atoms with Crippen LogP contribution in [0.1, 0.15) is 4.79 Å². The van der Waals surface area contributed by atoms with Crippen LogP contribution in [0.2, 0.25) is 0 Å². The smallest absolute Gasteiger partial charge is 0.277 e. The molecule has 0 N–H and O–H groups in total. The van der Waals surface area contributed by atoms with Gasteiger partial charge in [0.2, 0.25) is 5.91 Å². The molecule has 0 spiro atoms. The van der Waals surface area contributed by atoms with E-state index in [0.717, 1.165) is 21.8 Å². The van der Waals surface area contributed by atoms with Crippen molar-refractivity contribution in [1.29, 1.82) is 0 Å². The van der Waals surface area contributed by atoms with Gasteiger partial charge in [-0.2, -0.15) is 0 Å². The van der Waals surface area contributed by atoms with Gasteiger partial charge in [0, 0.05) is 17.0 Å². The van der Waals surface area contributed by atoms with Gasteiger partial charge in [-0.25, -0.2) is 0 Å². The maximum atomic E-state index is 13.0. The van der Waals surface area contributed by atoms with E-state index in [4.69, 9.17) is 4.42 Å². The van der Waals surface area contributed by atoms with E-state index in [1.807, 2.05) is 60.7 Å². The van der Waals surface area contributed by atoms with Gasteiger partial charge >= 0.3 is 0 Å². The topological polar surface area (TPSA) is 73.8 Å². The van der Waals surface area contributed by atoms with Gasteiger partial charge in [0.15, 0.2) is 0 Å². The summed E-state index contributed by atoms with van der Waals surface area (Å²) in [6.07, 6.45) is 1.66. The lowest BCUT2D eigenvalue weighted by Crippen LogP contribution is -2.12. The molecule has 0 aliphatic carbocycles. The second-order valence-electron chi connectivity index (χ2n) is 6.14. The molecule has 0 amide bonds. The minimum absolute atomic E-state index is 0.0417. The molecule has 28 heavy (non-hydrogen) atoms. The Kier molecular flexibility index (Phi) is 4.14. The van der Waals surface area contributed by atoms with Crippen LogP contribution in [0.4, 0.5) is 0 Å². The normalized spacial score (nSPS) is 11.3. The van der Waals surface area contributed by atoms with Gasteiger partial charge in [0.25, 0.3) is 11.1 Å². The molecule has 0 fully saturated rings. The lowest BCUT2D eigenvalue weighted by molar-refractivity contribution is 0.0951. The SMILES string of the molecule is O=C(CSc1nnc(-c2ccccn2)o1)n1c2ccccc2c2ccccc21. The average Bonchev–Trinajstić information content (AvgIpc) is 3.36. The first-order valence-electron chi connectivity index (χ1n) is 8.70. The molecule has 7 heteroatoms. The van der Waals surface area contributed by atoms with Crippen LogP contribution < -0.4 is 0 Å². The molecule has 6 nitrogen and oxygen atoms in total. The van der Waals surface area contributed by atoms with Crippen LogP contribution in [-0.2, 0) is 0 Å². The second-order valence-corrected chi connectivity index (χ2v) is 7.07. The zero-order valence-corrected chi connectivity index (χ0v) is 15.5. The molecule has 3 aromatic heterocycles. The Labute approximate surface area is 164 Å². The first-order valence-corrected chi connectivity index (χ1v) is 9.69. The highest BCUT2D eigenvalue weighted by molar-refractivity contribution is 7.99. The van der Waals surface area contributed by atoms with Crippen molar-refractivity contribution in [2.45, 2.75) is 5.22 Å². The Morgan fingerprint density at radius 2 is 1.57 bits per heavy atom. The second kappa shape index (κ2) is 6.94. The van der Waals surface area contributed by atoms with E-state index in [1.54, 1.807) is 16.8 Å². The van der Waals surface area contributed by atoms with E-state index in [1.165, 1.54) is 11.8 Å². The van der Waals surface area contributed by atoms with Crippen molar-refractivity contribution in [2.75, 3.05) is 5.75 Å². The molecule has 0 saturated heterocycles. The maximum Gasteiger partial charge on any atom is 0.277 e. The Bertz CT molecular complexity index is 1240. The first-order chi connectivity index (χ1) is 13.8. The quantitative estimate of drug-likeness (QED) is 0.418. The summed E-state index contributed by atoms with van der Waals surface area (Å²) in [6, 6.07) is 21.3. The lowest BCUT2D eigenvalue weighted by atomic mass is 10.2. The number of aromatic nitrogens is 4. The number of fused-ring (bicyclic) bond motifs is 3. The molecular formula is C21H14N4O2S. The highest BCUT2D eigenvalue weighted by atomic mass is 32.2. The number of carbonyl (C=O) groups excluding carboxylic acids is 1. The highest BCUT2D eigenvalue weighted by Crippen LogP contribution is 2.29. The summed E-state index contributed by atoms with van der Waals surface area (Å²) in [5.74, 6) is 0.486.